The monoisotopic (exact) mass is 245 g/mol. The number of nitrogens with zero attached hydrogens (tertiary/aromatic N) is 3. The number of allylic oxidation sites excluding steroid dienone is 4. The first-order valence-corrected chi connectivity index (χ1v) is 7.11. The van der Waals surface area contributed by atoms with E-state index in [2.05, 4.69) is 41.4 Å². The number of unbranched alkanes of at least 4 members (excludes halogenated alkanes) is 1. The lowest BCUT2D eigenvalue weighted by Crippen LogP contribution is -2.03. The van der Waals surface area contributed by atoms with E-state index in [1.54, 1.807) is 0 Å². The van der Waals surface area contributed by atoms with E-state index in [0.29, 0.717) is 0 Å². The summed E-state index contributed by atoms with van der Waals surface area (Å²) in [5.41, 5.74) is 1.14. The highest BCUT2D eigenvalue weighted by Crippen LogP contribution is 2.18. The lowest BCUT2D eigenvalue weighted by atomic mass is 9.95. The van der Waals surface area contributed by atoms with E-state index in [1.807, 2.05) is 11.0 Å². The largest absolute Gasteiger partial charge is 0.185 e. The molecule has 0 fully saturated rings. The maximum Gasteiger partial charge on any atom is 0.0827 e. The third-order valence-corrected chi connectivity index (χ3v) is 3.37. The number of rotatable bonds is 7. The van der Waals surface area contributed by atoms with Crippen LogP contribution in [0.5, 0.6) is 0 Å². The summed E-state index contributed by atoms with van der Waals surface area (Å²) in [4.78, 5) is 1.84. The predicted octanol–water partition coefficient (Wildman–Crippen LogP) is 3.53. The SMILES string of the molecule is CCCCn1ncc(CCCC2C=CC=CC2)n1. The van der Waals surface area contributed by atoms with Crippen LogP contribution < -0.4 is 0 Å². The van der Waals surface area contributed by atoms with Crippen molar-refractivity contribution in [1.29, 1.82) is 0 Å². The zero-order valence-electron chi connectivity index (χ0n) is 11.3. The standard InChI is InChI=1S/C15H23N3/c1-2-3-12-18-16-13-15(17-18)11-7-10-14-8-5-4-6-9-14/h4-6,8,13-14H,2-3,7,9-12H2,1H3. The number of aromatic nitrogens is 3. The second kappa shape index (κ2) is 7.14. The molecule has 3 nitrogen and oxygen atoms in total. The number of aryl methyl sites for hydroxylation is 2. The topological polar surface area (TPSA) is 30.7 Å². The molecule has 1 aromatic heterocycles. The van der Waals surface area contributed by atoms with Gasteiger partial charge in [-0.3, -0.25) is 0 Å². The first-order chi connectivity index (χ1) is 8.88. The molecule has 3 heteroatoms. The van der Waals surface area contributed by atoms with Crippen molar-refractivity contribution < 1.29 is 0 Å². The maximum atomic E-state index is 4.50. The van der Waals surface area contributed by atoms with Crippen molar-refractivity contribution in [3.05, 3.63) is 36.2 Å². The van der Waals surface area contributed by atoms with Crippen LogP contribution in [0.3, 0.4) is 0 Å². The Morgan fingerprint density at radius 1 is 1.33 bits per heavy atom. The Morgan fingerprint density at radius 3 is 3.06 bits per heavy atom. The van der Waals surface area contributed by atoms with Crippen LogP contribution in [0.4, 0.5) is 0 Å². The van der Waals surface area contributed by atoms with Gasteiger partial charge in [0.2, 0.25) is 0 Å². The Bertz CT molecular complexity index is 404. The minimum absolute atomic E-state index is 0.727. The fourth-order valence-corrected chi connectivity index (χ4v) is 2.25. The molecule has 1 unspecified atom stereocenters. The molecule has 0 saturated carbocycles. The highest BCUT2D eigenvalue weighted by Gasteiger charge is 2.06. The van der Waals surface area contributed by atoms with Gasteiger partial charge in [-0.1, -0.05) is 37.6 Å². The Labute approximate surface area is 110 Å². The third kappa shape index (κ3) is 4.13. The second-order valence-corrected chi connectivity index (χ2v) is 4.99. The molecule has 0 saturated heterocycles. The zero-order chi connectivity index (χ0) is 12.6. The fourth-order valence-electron chi connectivity index (χ4n) is 2.25. The van der Waals surface area contributed by atoms with Gasteiger partial charge in [0.05, 0.1) is 18.4 Å². The summed E-state index contributed by atoms with van der Waals surface area (Å²) in [5.74, 6) is 0.727. The molecule has 2 rings (SSSR count). The minimum Gasteiger partial charge on any atom is -0.185 e. The van der Waals surface area contributed by atoms with Gasteiger partial charge in [0.15, 0.2) is 0 Å². The van der Waals surface area contributed by atoms with Crippen LogP contribution in [0.25, 0.3) is 0 Å². The molecule has 0 amide bonds. The van der Waals surface area contributed by atoms with Crippen LogP contribution in [0.2, 0.25) is 0 Å². The Balaban J connectivity index is 1.68. The van der Waals surface area contributed by atoms with E-state index in [1.165, 1.54) is 25.7 Å². The summed E-state index contributed by atoms with van der Waals surface area (Å²) < 4.78 is 0. The van der Waals surface area contributed by atoms with Crippen molar-refractivity contribution in [2.75, 3.05) is 0 Å². The third-order valence-electron chi connectivity index (χ3n) is 3.37. The molecule has 0 aromatic carbocycles. The molecule has 98 valence electrons. The van der Waals surface area contributed by atoms with Crippen molar-refractivity contribution >= 4 is 0 Å². The summed E-state index contributed by atoms with van der Waals surface area (Å²) in [6, 6.07) is 0. The summed E-state index contributed by atoms with van der Waals surface area (Å²) in [5, 5.41) is 8.80. The second-order valence-electron chi connectivity index (χ2n) is 4.99. The fraction of sp³-hybridized carbons (Fsp3) is 0.600. The van der Waals surface area contributed by atoms with Crippen LogP contribution in [0, 0.1) is 5.92 Å². The molecule has 0 aliphatic heterocycles. The normalized spacial score (nSPS) is 18.4. The molecule has 0 N–H and O–H groups in total. The zero-order valence-corrected chi connectivity index (χ0v) is 11.3. The Morgan fingerprint density at radius 2 is 2.28 bits per heavy atom. The van der Waals surface area contributed by atoms with Crippen LogP contribution in [0.1, 0.15) is 44.7 Å². The van der Waals surface area contributed by atoms with Crippen molar-refractivity contribution in [3.63, 3.8) is 0 Å². The van der Waals surface area contributed by atoms with E-state index in [4.69, 9.17) is 0 Å². The van der Waals surface area contributed by atoms with Gasteiger partial charge in [0, 0.05) is 0 Å². The summed E-state index contributed by atoms with van der Waals surface area (Å²) in [6.45, 7) is 3.14. The Kier molecular flexibility index (Phi) is 5.18. The minimum atomic E-state index is 0.727. The highest BCUT2D eigenvalue weighted by molar-refractivity contribution is 5.10. The molecular formula is C15H23N3. The average molecular weight is 245 g/mol. The van der Waals surface area contributed by atoms with Crippen LogP contribution in [-0.2, 0) is 13.0 Å². The predicted molar refractivity (Wildman–Crippen MR) is 74.3 cm³/mol. The summed E-state index contributed by atoms with van der Waals surface area (Å²) in [6.07, 6.45) is 17.9. The average Bonchev–Trinajstić information content (AvgIpc) is 2.85. The van der Waals surface area contributed by atoms with Crippen LogP contribution in [-0.4, -0.2) is 15.0 Å². The Hall–Kier alpha value is -1.38. The molecule has 1 heterocycles. The van der Waals surface area contributed by atoms with Gasteiger partial charge >= 0.3 is 0 Å². The van der Waals surface area contributed by atoms with Gasteiger partial charge in [-0.25, -0.2) is 0 Å². The van der Waals surface area contributed by atoms with Crippen molar-refractivity contribution in [2.24, 2.45) is 5.92 Å². The van der Waals surface area contributed by atoms with Crippen LogP contribution >= 0.6 is 0 Å². The van der Waals surface area contributed by atoms with Gasteiger partial charge in [0.1, 0.15) is 0 Å². The van der Waals surface area contributed by atoms with Crippen molar-refractivity contribution in [3.8, 4) is 0 Å². The van der Waals surface area contributed by atoms with Gasteiger partial charge < -0.3 is 0 Å². The van der Waals surface area contributed by atoms with E-state index < -0.39 is 0 Å². The van der Waals surface area contributed by atoms with Gasteiger partial charge in [-0.05, 0) is 38.0 Å². The van der Waals surface area contributed by atoms with Gasteiger partial charge in [0.25, 0.3) is 0 Å². The molecule has 1 aromatic rings. The quantitative estimate of drug-likeness (QED) is 0.735. The maximum absolute atomic E-state index is 4.50. The van der Waals surface area contributed by atoms with Gasteiger partial charge in [-0.15, -0.1) is 0 Å². The van der Waals surface area contributed by atoms with E-state index >= 15 is 0 Å². The van der Waals surface area contributed by atoms with E-state index in [-0.39, 0.29) is 0 Å². The molecule has 1 aliphatic carbocycles. The molecule has 1 atom stereocenters. The van der Waals surface area contributed by atoms with Gasteiger partial charge in [-0.2, -0.15) is 15.0 Å². The molecular weight excluding hydrogens is 222 g/mol. The first-order valence-electron chi connectivity index (χ1n) is 7.11. The molecule has 0 radical (unpaired) electrons. The highest BCUT2D eigenvalue weighted by atomic mass is 15.5. The molecule has 0 spiro atoms. The lowest BCUT2D eigenvalue weighted by molar-refractivity contribution is 0.500. The molecule has 18 heavy (non-hydrogen) atoms. The molecule has 1 aliphatic rings. The first kappa shape index (κ1) is 13.1. The molecule has 0 bridgehead atoms. The number of hydrogen-bond donors (Lipinski definition) is 0. The lowest BCUT2D eigenvalue weighted by Gasteiger charge is -2.11. The summed E-state index contributed by atoms with van der Waals surface area (Å²) in [7, 11) is 0. The van der Waals surface area contributed by atoms with Crippen LogP contribution in [0.15, 0.2) is 30.5 Å². The van der Waals surface area contributed by atoms with Crippen molar-refractivity contribution in [1.82, 2.24) is 15.0 Å². The smallest absolute Gasteiger partial charge is 0.0827 e. The van der Waals surface area contributed by atoms with E-state index in [9.17, 15) is 0 Å². The van der Waals surface area contributed by atoms with Crippen molar-refractivity contribution in [2.45, 2.75) is 52.0 Å². The summed E-state index contributed by atoms with van der Waals surface area (Å²) >= 11 is 0. The number of hydrogen-bond acceptors (Lipinski definition) is 2. The van der Waals surface area contributed by atoms with E-state index in [0.717, 1.165) is 31.0 Å².